The van der Waals surface area contributed by atoms with E-state index < -0.39 is 334 Å². The summed E-state index contributed by atoms with van der Waals surface area (Å²) in [5.41, 5.74) is 5.95. The highest BCUT2D eigenvalue weighted by Crippen LogP contribution is 2.16. The van der Waals surface area contributed by atoms with Gasteiger partial charge in [-0.15, -0.1) is 0 Å². The molecule has 17 atom stereocenters. The number of hydrogen-bond donors (Lipinski definition) is 31. The van der Waals surface area contributed by atoms with E-state index in [9.17, 15) is 146 Å². The predicted octanol–water partition coefficient (Wildman–Crippen LogP) is -11.2. The van der Waals surface area contributed by atoms with Crippen LogP contribution in [0.25, 0.3) is 0 Å². The van der Waals surface area contributed by atoms with E-state index in [1.165, 1.54) is 64.1 Å². The van der Waals surface area contributed by atoms with Crippen molar-refractivity contribution in [3.05, 3.63) is 65.7 Å². The molecule has 0 bridgehead atoms. The molecule has 2 rings (SSSR count). The lowest BCUT2D eigenvalue weighted by molar-refractivity contribution is -0.144. The van der Waals surface area contributed by atoms with Gasteiger partial charge in [0.1, 0.15) is 108 Å². The second-order valence-corrected chi connectivity index (χ2v) is 33.1. The van der Waals surface area contributed by atoms with Gasteiger partial charge in [-0.1, -0.05) is 97.9 Å². The number of aliphatic hydroxyl groups excluding tert-OH is 4. The lowest BCUT2D eigenvalue weighted by Gasteiger charge is -2.28. The third-order valence-electron chi connectivity index (χ3n) is 19.6. The summed E-state index contributed by atoms with van der Waals surface area (Å²) in [5, 5.41) is 124. The number of carboxylic acid groups (broad SMARTS) is 3. The van der Waals surface area contributed by atoms with Crippen LogP contribution in [0.5, 0.6) is 5.75 Å². The third kappa shape index (κ3) is 41.7. The first kappa shape index (κ1) is 117. The van der Waals surface area contributed by atoms with Gasteiger partial charge < -0.3 is 148 Å². The second kappa shape index (κ2) is 59.8. The first-order valence-electron chi connectivity index (χ1n) is 42.1. The Kier molecular flexibility index (Phi) is 52.5. The lowest BCUT2D eigenvalue weighted by atomic mass is 10.0. The SMILES string of the molecule is CC(C)C[C@H](NC(=O)CNC(=O)CNC(=O)[C@@H](NC(=O)CN)C(C)C)C(=O)N[C@@H](CS)C(=O)N[C@@H](CO)C(=O)N[C@@H](CS)C(=O)N[C@@H](C)C(=O)N[C@@H](CO)C(=O)N[C@@H](CS)C(=O)N[C@H](C(=O)N[C@@H](CO)C(=O)N[C@@H](CCC(=O)O)C(=O)N[C@@H](CC(=O)O)C(=O)N[C@@H](Cc1ccccc1)C(=O)N[C@@H](Cc1ccc(O)cc1)C(=O)N[C@@H](C)C(=O)N[C@@H](CO)C(=O)N[C@H](C(=O)O)C(C)C)C(C)C. The summed E-state index contributed by atoms with van der Waals surface area (Å²) >= 11 is 12.4. The van der Waals surface area contributed by atoms with Crippen LogP contribution in [0, 0.1) is 23.7 Å². The van der Waals surface area contributed by atoms with E-state index in [1.54, 1.807) is 45.9 Å². The van der Waals surface area contributed by atoms with Gasteiger partial charge in [0, 0.05) is 36.5 Å². The van der Waals surface area contributed by atoms with Gasteiger partial charge >= 0.3 is 17.9 Å². The van der Waals surface area contributed by atoms with Crippen molar-refractivity contribution in [2.45, 2.75) is 210 Å². The van der Waals surface area contributed by atoms with Crippen LogP contribution in [0.3, 0.4) is 0 Å². The monoisotopic (exact) mass is 1950 g/mol. The number of carbonyl (C=O) groups excluding carboxylic acids is 19. The minimum Gasteiger partial charge on any atom is -0.508 e. The molecule has 19 amide bonds. The van der Waals surface area contributed by atoms with Crippen LogP contribution in [-0.4, -0.2) is 337 Å². The molecule has 0 saturated heterocycles. The molecule has 0 saturated carbocycles. The molecule has 0 aliphatic rings. The average molecular weight is 1950 g/mol. The average Bonchev–Trinajstić information content (AvgIpc) is 0.839. The van der Waals surface area contributed by atoms with E-state index in [0.29, 0.717) is 11.1 Å². The van der Waals surface area contributed by atoms with Crippen molar-refractivity contribution in [2.75, 3.05) is 63.3 Å². The van der Waals surface area contributed by atoms with Gasteiger partial charge in [0.05, 0.1) is 52.5 Å². The molecule has 0 aromatic heterocycles. The second-order valence-electron chi connectivity index (χ2n) is 32.0. The van der Waals surface area contributed by atoms with Crippen LogP contribution in [0.15, 0.2) is 54.6 Å². The van der Waals surface area contributed by atoms with Crippen LogP contribution in [0.1, 0.15) is 106 Å². The summed E-state index contributed by atoms with van der Waals surface area (Å²) in [6, 6.07) is -15.8. The molecule has 0 unspecified atom stereocenters. The molecule has 0 aliphatic carbocycles. The Morgan fingerprint density at radius 3 is 1.05 bits per heavy atom. The van der Waals surface area contributed by atoms with Crippen LogP contribution < -0.4 is 107 Å². The van der Waals surface area contributed by atoms with Crippen molar-refractivity contribution in [3.63, 3.8) is 0 Å². The number of phenols is 1. The summed E-state index contributed by atoms with van der Waals surface area (Å²) in [5.74, 6) is -29.3. The summed E-state index contributed by atoms with van der Waals surface area (Å²) in [6.07, 6.45) is -3.83. The molecule has 0 fully saturated rings. The Morgan fingerprint density at radius 2 is 0.642 bits per heavy atom. The molecule has 2 aromatic rings. The van der Waals surface area contributed by atoms with Crippen molar-refractivity contribution < 1.29 is 146 Å². The molecule has 53 heteroatoms. The van der Waals surface area contributed by atoms with Crippen molar-refractivity contribution in [1.29, 1.82) is 0 Å². The minimum atomic E-state index is -2.19. The van der Waals surface area contributed by atoms with E-state index in [-0.39, 0.29) is 30.6 Å². The molecule has 746 valence electrons. The maximum Gasteiger partial charge on any atom is 0.326 e. The number of nitrogens with two attached hydrogens (primary N) is 1. The Bertz CT molecular complexity index is 4410. The van der Waals surface area contributed by atoms with Crippen molar-refractivity contribution >= 4 is 168 Å². The van der Waals surface area contributed by atoms with E-state index >= 15 is 0 Å². The number of benzene rings is 2. The molecule has 2 aromatic carbocycles. The molecular weight excluding hydrogens is 1830 g/mol. The number of aromatic hydroxyl groups is 1. The molecule has 0 aliphatic heterocycles. The number of rotatable bonds is 60. The van der Waals surface area contributed by atoms with E-state index in [2.05, 4.69) is 139 Å². The number of aliphatic carboxylic acids is 3. The first-order chi connectivity index (χ1) is 62.9. The lowest BCUT2D eigenvalue weighted by Crippen LogP contribution is -2.62. The van der Waals surface area contributed by atoms with Gasteiger partial charge in [-0.25, -0.2) is 4.79 Å². The molecule has 134 heavy (non-hydrogen) atoms. The zero-order valence-corrected chi connectivity index (χ0v) is 77.8. The van der Waals surface area contributed by atoms with Crippen LogP contribution in [0.4, 0.5) is 0 Å². The standard InChI is InChI=1S/C81H124N20O30S3/c1-36(2)22-46(87-59(109)28-83-58(108)27-84-79(128)62(37(3)4)99-57(107)26-82)69(118)96-55(34-133)77(126)94-51(30-103)74(123)97-54(33-132)76(125)86-41(10)66(115)92-50(29-102)73(122)98-56(35-134)78(127)100-63(38(5)6)80(129)95-52(31-104)72(121)88-45(20-21-60(110)111)67(116)91-49(25-61(112)113)71(120)90-48(23-42-14-12-11-13-15-42)70(119)89-47(24-43-16-18-44(106)19-17-43)68(117)85-40(9)65(114)93-53(32-105)75(124)101-64(39(7)8)81(130)131/h11-19,36-41,45-56,62-64,102-106,132-134H,20-35,82H2,1-10H3,(H,83,108)(H,84,128)(H,85,117)(H,86,125)(H,87,109)(H,88,121)(H,89,119)(H,90,120)(H,91,116)(H,92,115)(H,93,114)(H,94,126)(H,95,129)(H,96,118)(H,97,123)(H,98,122)(H,99,107)(H,100,127)(H,101,124)(H,110,111)(H,112,113)(H,130,131)/t40-,41-,45-,46-,47-,48-,49-,50-,51-,52-,53-,54-,55-,56-,62-,63-,64-/m0/s1. The maximum absolute atomic E-state index is 14.6. The summed E-state index contributed by atoms with van der Waals surface area (Å²) in [6.45, 7) is 8.48. The number of nitrogens with one attached hydrogen (secondary N) is 19. The molecular formula is C81H124N20O30S3. The van der Waals surface area contributed by atoms with E-state index in [1.807, 2.05) is 0 Å². The van der Waals surface area contributed by atoms with Gasteiger partial charge in [0.15, 0.2) is 0 Å². The van der Waals surface area contributed by atoms with Gasteiger partial charge in [-0.2, -0.15) is 37.9 Å². The fraction of sp³-hybridized carbons (Fsp3) is 0.580. The van der Waals surface area contributed by atoms with E-state index in [4.69, 9.17) is 5.73 Å². The smallest absolute Gasteiger partial charge is 0.326 e. The molecule has 29 N–H and O–H groups in total. The first-order valence-corrected chi connectivity index (χ1v) is 44.0. The fourth-order valence-electron chi connectivity index (χ4n) is 12.0. The highest BCUT2D eigenvalue weighted by atomic mass is 32.1. The zero-order valence-electron chi connectivity index (χ0n) is 75.1. The molecule has 0 radical (unpaired) electrons. The van der Waals surface area contributed by atoms with Gasteiger partial charge in [0.25, 0.3) is 0 Å². The van der Waals surface area contributed by atoms with Crippen LogP contribution >= 0.6 is 37.9 Å². The fourth-order valence-corrected chi connectivity index (χ4v) is 12.8. The highest BCUT2D eigenvalue weighted by Gasteiger charge is 2.40. The quantitative estimate of drug-likeness (QED) is 0.0274. The van der Waals surface area contributed by atoms with E-state index in [0.717, 1.165) is 13.8 Å². The number of amides is 19. The summed E-state index contributed by atoms with van der Waals surface area (Å²) < 4.78 is 0. The number of phenolic OH excluding ortho intramolecular Hbond substituents is 1. The molecule has 0 heterocycles. The Hall–Kier alpha value is -12.6. The van der Waals surface area contributed by atoms with Crippen LogP contribution in [0.2, 0.25) is 0 Å². The maximum atomic E-state index is 14.6. The van der Waals surface area contributed by atoms with Crippen molar-refractivity contribution in [2.24, 2.45) is 29.4 Å². The largest absolute Gasteiger partial charge is 0.508 e. The summed E-state index contributed by atoms with van der Waals surface area (Å²) in [7, 11) is 0. The van der Waals surface area contributed by atoms with Gasteiger partial charge in [-0.05, 0) is 73.6 Å². The number of carbonyl (C=O) groups is 22. The Labute approximate surface area is 786 Å². The Balaban J connectivity index is 2.27. The molecule has 0 spiro atoms. The Morgan fingerprint density at radius 1 is 0.313 bits per heavy atom. The number of carboxylic acids is 3. The van der Waals surface area contributed by atoms with Crippen LogP contribution in [-0.2, 0) is 118 Å². The summed E-state index contributed by atoms with van der Waals surface area (Å²) in [4.78, 5) is 293. The highest BCUT2D eigenvalue weighted by molar-refractivity contribution is 7.80. The normalized spacial score (nSPS) is 14.9. The number of aliphatic hydroxyl groups is 4. The minimum absolute atomic E-state index is 0.00312. The zero-order chi connectivity index (χ0) is 102. The number of thiol groups is 3. The number of hydrogen-bond acceptors (Lipinski definition) is 31. The molecule has 50 nitrogen and oxygen atoms in total. The van der Waals surface area contributed by atoms with Crippen molar-refractivity contribution in [1.82, 2.24) is 101 Å². The topological polar surface area (TPSA) is 792 Å². The van der Waals surface area contributed by atoms with Gasteiger partial charge in [-0.3, -0.25) is 101 Å². The predicted molar refractivity (Wildman–Crippen MR) is 482 cm³/mol. The third-order valence-corrected chi connectivity index (χ3v) is 20.7. The van der Waals surface area contributed by atoms with Gasteiger partial charge in [0.2, 0.25) is 112 Å². The van der Waals surface area contributed by atoms with Crippen molar-refractivity contribution in [3.8, 4) is 5.75 Å².